The molecule has 2 heteroatoms. The van der Waals surface area contributed by atoms with Crippen LogP contribution in [0.25, 0.3) is 0 Å². The zero-order chi connectivity index (χ0) is 11.3. The van der Waals surface area contributed by atoms with Crippen LogP contribution in [0.5, 0.6) is 0 Å². The normalized spacial score (nSPS) is 15.3. The van der Waals surface area contributed by atoms with Crippen LogP contribution in [0.3, 0.4) is 0 Å². The summed E-state index contributed by atoms with van der Waals surface area (Å²) in [5.41, 5.74) is 1.31. The molecule has 0 fully saturated rings. The van der Waals surface area contributed by atoms with Gasteiger partial charge in [-0.25, -0.2) is 0 Å². The largest absolute Gasteiger partial charge is 0.368 e. The average Bonchev–Trinajstić information content (AvgIpc) is 2.18. The maximum absolute atomic E-state index is 8.99. The zero-order valence-corrected chi connectivity index (χ0v) is 9.43. The molecule has 15 heavy (non-hydrogen) atoms. The van der Waals surface area contributed by atoms with Gasteiger partial charge < -0.3 is 10.2 Å². The molecule has 1 aromatic carbocycles. The Labute approximate surface area is 91.6 Å². The van der Waals surface area contributed by atoms with Crippen molar-refractivity contribution in [2.24, 2.45) is 11.8 Å². The molecular weight excluding hydrogens is 188 g/mol. The predicted molar refractivity (Wildman–Crippen MR) is 61.3 cm³/mol. The molecule has 0 spiro atoms. The Morgan fingerprint density at radius 1 is 1.07 bits per heavy atom. The smallest absolute Gasteiger partial charge is 0.154 e. The van der Waals surface area contributed by atoms with Crippen LogP contribution in [0, 0.1) is 11.8 Å². The highest BCUT2D eigenvalue weighted by Crippen LogP contribution is 2.18. The first-order valence-corrected chi connectivity index (χ1v) is 5.49. The fourth-order valence-corrected chi connectivity index (χ4v) is 1.86. The molecule has 1 aromatic rings. The van der Waals surface area contributed by atoms with Gasteiger partial charge in [0.1, 0.15) is 0 Å². The van der Waals surface area contributed by atoms with Gasteiger partial charge in [-0.3, -0.25) is 0 Å². The van der Waals surface area contributed by atoms with Gasteiger partial charge in [-0.2, -0.15) is 0 Å². The summed E-state index contributed by atoms with van der Waals surface area (Å²) in [7, 11) is 0. The fourth-order valence-electron chi connectivity index (χ4n) is 1.86. The van der Waals surface area contributed by atoms with Crippen molar-refractivity contribution in [1.29, 1.82) is 0 Å². The van der Waals surface area contributed by atoms with Gasteiger partial charge >= 0.3 is 0 Å². The minimum atomic E-state index is -1.19. The van der Waals surface area contributed by atoms with Gasteiger partial charge in [0, 0.05) is 5.92 Å². The zero-order valence-electron chi connectivity index (χ0n) is 9.43. The average molecular weight is 208 g/mol. The molecule has 2 N–H and O–H groups in total. The molecule has 0 bridgehead atoms. The Kier molecular flexibility index (Phi) is 4.79. The Morgan fingerprint density at radius 3 is 2.20 bits per heavy atom. The highest BCUT2D eigenvalue weighted by molar-refractivity contribution is 5.15. The number of hydrogen-bond acceptors (Lipinski definition) is 2. The number of rotatable bonds is 5. The van der Waals surface area contributed by atoms with Gasteiger partial charge in [0.15, 0.2) is 6.29 Å². The maximum atomic E-state index is 8.99. The third-order valence-electron chi connectivity index (χ3n) is 2.71. The summed E-state index contributed by atoms with van der Waals surface area (Å²) in [5.74, 6) is 0.424. The van der Waals surface area contributed by atoms with Crippen LogP contribution in [-0.4, -0.2) is 16.5 Å². The van der Waals surface area contributed by atoms with Crippen LogP contribution >= 0.6 is 0 Å². The number of hydrogen-bond donors (Lipinski definition) is 2. The van der Waals surface area contributed by atoms with Crippen molar-refractivity contribution >= 4 is 0 Å². The van der Waals surface area contributed by atoms with Crippen LogP contribution in [-0.2, 0) is 6.42 Å². The van der Waals surface area contributed by atoms with Crippen LogP contribution < -0.4 is 0 Å². The van der Waals surface area contributed by atoms with Crippen LogP contribution in [0.15, 0.2) is 30.3 Å². The quantitative estimate of drug-likeness (QED) is 0.728. The summed E-state index contributed by atoms with van der Waals surface area (Å²) < 4.78 is 0. The minimum Gasteiger partial charge on any atom is -0.368 e. The third kappa shape index (κ3) is 4.45. The van der Waals surface area contributed by atoms with Crippen molar-refractivity contribution in [2.45, 2.75) is 33.0 Å². The lowest BCUT2D eigenvalue weighted by Crippen LogP contribution is -2.19. The predicted octanol–water partition coefficient (Wildman–Crippen LogP) is 2.20. The standard InChI is InChI=1S/C13H20O2/c1-10(8-11(2)13(14)15)9-12-6-4-3-5-7-12/h3-7,10-11,13-15H,8-9H2,1-2H3/t10-,11?/m1/s1. The second kappa shape index (κ2) is 5.89. The molecule has 0 radical (unpaired) electrons. The van der Waals surface area contributed by atoms with Gasteiger partial charge in [-0.15, -0.1) is 0 Å². The van der Waals surface area contributed by atoms with E-state index in [2.05, 4.69) is 19.1 Å². The Balaban J connectivity index is 2.39. The second-order valence-corrected chi connectivity index (χ2v) is 4.42. The van der Waals surface area contributed by atoms with Crippen LogP contribution in [0.4, 0.5) is 0 Å². The van der Waals surface area contributed by atoms with E-state index >= 15 is 0 Å². The minimum absolute atomic E-state index is 0.0521. The maximum Gasteiger partial charge on any atom is 0.154 e. The lowest BCUT2D eigenvalue weighted by molar-refractivity contribution is -0.0834. The highest BCUT2D eigenvalue weighted by Gasteiger charge is 2.14. The first kappa shape index (κ1) is 12.2. The van der Waals surface area contributed by atoms with E-state index < -0.39 is 6.29 Å². The molecule has 0 aliphatic carbocycles. The molecule has 2 nitrogen and oxygen atoms in total. The first-order chi connectivity index (χ1) is 7.09. The molecule has 0 amide bonds. The van der Waals surface area contributed by atoms with Gasteiger partial charge in [0.2, 0.25) is 0 Å². The topological polar surface area (TPSA) is 40.5 Å². The molecular formula is C13H20O2. The van der Waals surface area contributed by atoms with E-state index in [0.717, 1.165) is 12.8 Å². The van der Waals surface area contributed by atoms with Crippen molar-refractivity contribution < 1.29 is 10.2 Å². The summed E-state index contributed by atoms with van der Waals surface area (Å²) in [6, 6.07) is 10.3. The molecule has 0 heterocycles. The number of aliphatic hydroxyl groups is 2. The number of benzene rings is 1. The van der Waals surface area contributed by atoms with Crippen molar-refractivity contribution in [2.75, 3.05) is 0 Å². The monoisotopic (exact) mass is 208 g/mol. The first-order valence-electron chi connectivity index (χ1n) is 5.49. The Hall–Kier alpha value is -0.860. The van der Waals surface area contributed by atoms with E-state index in [9.17, 15) is 0 Å². The Bertz CT molecular complexity index is 269. The van der Waals surface area contributed by atoms with E-state index in [-0.39, 0.29) is 5.92 Å². The number of aliphatic hydroxyl groups excluding tert-OH is 1. The van der Waals surface area contributed by atoms with Crippen LogP contribution in [0.2, 0.25) is 0 Å². The van der Waals surface area contributed by atoms with Gasteiger partial charge in [-0.05, 0) is 24.3 Å². The highest BCUT2D eigenvalue weighted by atomic mass is 16.5. The van der Waals surface area contributed by atoms with Crippen molar-refractivity contribution in [1.82, 2.24) is 0 Å². The SMILES string of the molecule is CC(C[C@@H](C)Cc1ccccc1)C(O)O. The third-order valence-corrected chi connectivity index (χ3v) is 2.71. The van der Waals surface area contributed by atoms with E-state index in [4.69, 9.17) is 10.2 Å². The lowest BCUT2D eigenvalue weighted by atomic mass is 9.91. The second-order valence-electron chi connectivity index (χ2n) is 4.42. The van der Waals surface area contributed by atoms with E-state index in [1.807, 2.05) is 25.1 Å². The molecule has 0 aromatic heterocycles. The molecule has 2 atom stereocenters. The molecule has 0 saturated carbocycles. The van der Waals surface area contributed by atoms with Crippen molar-refractivity contribution in [3.8, 4) is 0 Å². The molecule has 0 saturated heterocycles. The van der Waals surface area contributed by atoms with Crippen molar-refractivity contribution in [3.63, 3.8) is 0 Å². The van der Waals surface area contributed by atoms with Crippen molar-refractivity contribution in [3.05, 3.63) is 35.9 Å². The molecule has 1 rings (SSSR count). The lowest BCUT2D eigenvalue weighted by Gasteiger charge is -2.18. The van der Waals surface area contributed by atoms with E-state index in [1.165, 1.54) is 5.56 Å². The van der Waals surface area contributed by atoms with E-state index in [0.29, 0.717) is 5.92 Å². The molecule has 84 valence electrons. The fraction of sp³-hybridized carbons (Fsp3) is 0.538. The van der Waals surface area contributed by atoms with E-state index in [1.54, 1.807) is 0 Å². The summed E-state index contributed by atoms with van der Waals surface area (Å²) in [5, 5.41) is 18.0. The van der Waals surface area contributed by atoms with Crippen LogP contribution in [0.1, 0.15) is 25.8 Å². The van der Waals surface area contributed by atoms with Gasteiger partial charge in [0.05, 0.1) is 0 Å². The summed E-state index contributed by atoms with van der Waals surface area (Å²) in [6.45, 7) is 4.01. The molecule has 0 aliphatic heterocycles. The van der Waals surface area contributed by atoms with Gasteiger partial charge in [-0.1, -0.05) is 44.2 Å². The Morgan fingerprint density at radius 2 is 1.67 bits per heavy atom. The van der Waals surface area contributed by atoms with Gasteiger partial charge in [0.25, 0.3) is 0 Å². The molecule has 1 unspecified atom stereocenters. The summed E-state index contributed by atoms with van der Waals surface area (Å²) in [4.78, 5) is 0. The molecule has 0 aliphatic rings. The summed E-state index contributed by atoms with van der Waals surface area (Å²) >= 11 is 0. The summed E-state index contributed by atoms with van der Waals surface area (Å²) in [6.07, 6.45) is 0.646.